The second-order valence-electron chi connectivity index (χ2n) is 7.29. The highest BCUT2D eigenvalue weighted by Crippen LogP contribution is 2.37. The van der Waals surface area contributed by atoms with Crippen molar-refractivity contribution in [2.45, 2.75) is 52.7 Å². The number of carbonyl (C=O) groups is 1. The molecule has 0 atom stereocenters. The molecule has 23 heavy (non-hydrogen) atoms. The van der Waals surface area contributed by atoms with Crippen molar-refractivity contribution in [3.8, 4) is 5.75 Å². The predicted octanol–water partition coefficient (Wildman–Crippen LogP) is 1.72. The number of hydrogen-bond acceptors (Lipinski definition) is 4. The van der Waals surface area contributed by atoms with E-state index in [-0.39, 0.29) is 5.91 Å². The number of benzene rings is 1. The van der Waals surface area contributed by atoms with E-state index in [4.69, 9.17) is 14.0 Å². The number of amides is 1. The molecule has 1 aromatic carbocycles. The third-order valence-corrected chi connectivity index (χ3v) is 5.27. The number of ether oxygens (including phenoxy) is 1. The van der Waals surface area contributed by atoms with Gasteiger partial charge in [0.25, 0.3) is 5.91 Å². The van der Waals surface area contributed by atoms with Crippen LogP contribution in [0, 0.1) is 13.8 Å². The second kappa shape index (κ2) is 5.25. The van der Waals surface area contributed by atoms with Crippen molar-refractivity contribution in [3.63, 3.8) is 0 Å². The zero-order chi connectivity index (χ0) is 17.0. The summed E-state index contributed by atoms with van der Waals surface area (Å²) in [5.74, 6) is 0.552. The molecule has 1 amide bonds. The monoisotopic (exact) mass is 317 g/mol. The van der Waals surface area contributed by atoms with E-state index < -0.39 is 18.3 Å². The lowest BCUT2D eigenvalue weighted by molar-refractivity contribution is 0.00578. The lowest BCUT2D eigenvalue weighted by Crippen LogP contribution is -2.41. The molecule has 0 radical (unpaired) electrons. The van der Waals surface area contributed by atoms with Gasteiger partial charge in [0, 0.05) is 0 Å². The van der Waals surface area contributed by atoms with Crippen LogP contribution in [0.4, 0.5) is 0 Å². The summed E-state index contributed by atoms with van der Waals surface area (Å²) in [6, 6.07) is 1.85. The van der Waals surface area contributed by atoms with Gasteiger partial charge in [-0.25, -0.2) is 0 Å². The fourth-order valence-corrected chi connectivity index (χ4v) is 2.90. The summed E-state index contributed by atoms with van der Waals surface area (Å²) in [4.78, 5) is 12.3. The van der Waals surface area contributed by atoms with E-state index in [1.165, 1.54) is 0 Å². The molecule has 124 valence electrons. The van der Waals surface area contributed by atoms with Gasteiger partial charge in [-0.3, -0.25) is 4.79 Å². The molecule has 0 bridgehead atoms. The van der Waals surface area contributed by atoms with Crippen LogP contribution in [0.3, 0.4) is 0 Å². The van der Waals surface area contributed by atoms with Gasteiger partial charge in [0.05, 0.1) is 23.3 Å². The highest BCUT2D eigenvalue weighted by molar-refractivity contribution is 6.62. The van der Waals surface area contributed by atoms with Gasteiger partial charge in [0.2, 0.25) is 0 Å². The normalized spacial score (nSPS) is 22.2. The largest absolute Gasteiger partial charge is 0.495 e. The van der Waals surface area contributed by atoms with Crippen molar-refractivity contribution in [3.05, 3.63) is 22.8 Å². The molecule has 0 aliphatic carbocycles. The van der Waals surface area contributed by atoms with Gasteiger partial charge in [0.1, 0.15) is 12.4 Å². The lowest BCUT2D eigenvalue weighted by Gasteiger charge is -2.32. The first-order valence-electron chi connectivity index (χ1n) is 8.05. The first-order chi connectivity index (χ1) is 10.6. The van der Waals surface area contributed by atoms with Crippen molar-refractivity contribution < 1.29 is 18.8 Å². The van der Waals surface area contributed by atoms with Crippen molar-refractivity contribution in [1.29, 1.82) is 0 Å². The summed E-state index contributed by atoms with van der Waals surface area (Å²) in [5.41, 5.74) is 2.62. The van der Waals surface area contributed by atoms with Crippen molar-refractivity contribution >= 4 is 18.5 Å². The van der Waals surface area contributed by atoms with Crippen LogP contribution in [0.5, 0.6) is 5.75 Å². The SMILES string of the molecule is Cc1c(B2OC(C)(C)C(C)(C)O2)cc2c(c1C)OCCNC2=O. The second-order valence-corrected chi connectivity index (χ2v) is 7.29. The Morgan fingerprint density at radius 1 is 1.09 bits per heavy atom. The first kappa shape index (κ1) is 16.3. The van der Waals surface area contributed by atoms with E-state index >= 15 is 0 Å². The van der Waals surface area contributed by atoms with E-state index in [1.54, 1.807) is 0 Å². The first-order valence-corrected chi connectivity index (χ1v) is 8.05. The average Bonchev–Trinajstić information content (AvgIpc) is 2.59. The van der Waals surface area contributed by atoms with Gasteiger partial charge in [-0.2, -0.15) is 0 Å². The molecule has 0 unspecified atom stereocenters. The minimum atomic E-state index is -0.486. The summed E-state index contributed by atoms with van der Waals surface area (Å²) in [6.07, 6.45) is 0. The molecule has 1 N–H and O–H groups in total. The Morgan fingerprint density at radius 2 is 1.70 bits per heavy atom. The summed E-state index contributed by atoms with van der Waals surface area (Å²) < 4.78 is 18.1. The van der Waals surface area contributed by atoms with Gasteiger partial charge in [0.15, 0.2) is 0 Å². The molecule has 2 aliphatic rings. The molecule has 2 heterocycles. The minimum Gasteiger partial charge on any atom is -0.491 e. The number of nitrogens with one attached hydrogen (secondary N) is 1. The molecular weight excluding hydrogens is 293 g/mol. The van der Waals surface area contributed by atoms with E-state index in [9.17, 15) is 4.79 Å². The standard InChI is InChI=1S/C17H24BNO4/c1-10-11(2)14-12(15(20)19-7-8-21-14)9-13(10)18-22-16(3,4)17(5,6)23-18/h9H,7-8H2,1-6H3,(H,19,20). The Kier molecular flexibility index (Phi) is 3.73. The Hall–Kier alpha value is -1.53. The topological polar surface area (TPSA) is 56.8 Å². The zero-order valence-electron chi connectivity index (χ0n) is 14.7. The van der Waals surface area contributed by atoms with Crippen LogP contribution in [0.25, 0.3) is 0 Å². The predicted molar refractivity (Wildman–Crippen MR) is 89.5 cm³/mol. The van der Waals surface area contributed by atoms with Crippen LogP contribution in [0.2, 0.25) is 0 Å². The van der Waals surface area contributed by atoms with Gasteiger partial charge in [-0.1, -0.05) is 0 Å². The van der Waals surface area contributed by atoms with Crippen LogP contribution in [-0.4, -0.2) is 37.4 Å². The summed E-state index contributed by atoms with van der Waals surface area (Å²) in [6.45, 7) is 13.1. The third-order valence-electron chi connectivity index (χ3n) is 5.27. The zero-order valence-corrected chi connectivity index (χ0v) is 14.7. The maximum atomic E-state index is 12.3. The van der Waals surface area contributed by atoms with Gasteiger partial charge in [-0.05, 0) is 64.2 Å². The molecule has 1 fully saturated rings. The quantitative estimate of drug-likeness (QED) is 0.802. The van der Waals surface area contributed by atoms with Crippen LogP contribution in [0.15, 0.2) is 6.07 Å². The van der Waals surface area contributed by atoms with Crippen LogP contribution in [-0.2, 0) is 9.31 Å². The maximum absolute atomic E-state index is 12.3. The molecule has 0 spiro atoms. The summed E-state index contributed by atoms with van der Waals surface area (Å²) in [5, 5.41) is 2.85. The molecule has 6 heteroatoms. The number of carbonyl (C=O) groups excluding carboxylic acids is 1. The molecule has 5 nitrogen and oxygen atoms in total. The maximum Gasteiger partial charge on any atom is 0.495 e. The Morgan fingerprint density at radius 3 is 2.30 bits per heavy atom. The van der Waals surface area contributed by atoms with E-state index in [0.717, 1.165) is 16.6 Å². The van der Waals surface area contributed by atoms with Crippen LogP contribution >= 0.6 is 0 Å². The van der Waals surface area contributed by atoms with Crippen molar-refractivity contribution in [2.75, 3.05) is 13.2 Å². The highest BCUT2D eigenvalue weighted by Gasteiger charge is 2.52. The van der Waals surface area contributed by atoms with E-state index in [0.29, 0.717) is 24.5 Å². The third kappa shape index (κ3) is 2.54. The van der Waals surface area contributed by atoms with Crippen LogP contribution in [0.1, 0.15) is 49.2 Å². The van der Waals surface area contributed by atoms with Crippen molar-refractivity contribution in [2.24, 2.45) is 0 Å². The molecule has 1 aromatic rings. The Labute approximate surface area is 137 Å². The van der Waals surface area contributed by atoms with E-state index in [2.05, 4.69) is 5.32 Å². The molecule has 0 aromatic heterocycles. The molecular formula is C17H24BNO4. The lowest BCUT2D eigenvalue weighted by atomic mass is 9.74. The van der Waals surface area contributed by atoms with Gasteiger partial charge in [-0.15, -0.1) is 0 Å². The van der Waals surface area contributed by atoms with E-state index in [1.807, 2.05) is 47.6 Å². The smallest absolute Gasteiger partial charge is 0.491 e. The number of hydrogen-bond donors (Lipinski definition) is 1. The average molecular weight is 317 g/mol. The Bertz CT molecular complexity index is 653. The highest BCUT2D eigenvalue weighted by atomic mass is 16.7. The fraction of sp³-hybridized carbons (Fsp3) is 0.588. The van der Waals surface area contributed by atoms with Gasteiger partial charge >= 0.3 is 7.12 Å². The van der Waals surface area contributed by atoms with Gasteiger partial charge < -0.3 is 19.4 Å². The molecule has 1 saturated heterocycles. The van der Waals surface area contributed by atoms with Crippen LogP contribution < -0.4 is 15.5 Å². The minimum absolute atomic E-state index is 0.113. The molecule has 2 aliphatic heterocycles. The Balaban J connectivity index is 2.08. The number of fused-ring (bicyclic) bond motifs is 1. The number of rotatable bonds is 1. The molecule has 3 rings (SSSR count). The fourth-order valence-electron chi connectivity index (χ4n) is 2.90. The molecule has 0 saturated carbocycles. The van der Waals surface area contributed by atoms with Crippen molar-refractivity contribution in [1.82, 2.24) is 5.32 Å². The summed E-state index contributed by atoms with van der Waals surface area (Å²) >= 11 is 0. The summed E-state index contributed by atoms with van der Waals surface area (Å²) in [7, 11) is -0.486.